The van der Waals surface area contributed by atoms with Gasteiger partial charge in [0.2, 0.25) is 0 Å². The third kappa shape index (κ3) is 2.43. The minimum absolute atomic E-state index is 0.204. The normalized spacial score (nSPS) is 11.3. The Morgan fingerprint density at radius 1 is 1.36 bits per heavy atom. The molecule has 14 heavy (non-hydrogen) atoms. The Bertz CT molecular complexity index is 429. The molecular formula is C10H11O3S-. The van der Waals surface area contributed by atoms with Gasteiger partial charge in [-0.2, -0.15) is 0 Å². The molecule has 0 saturated heterocycles. The van der Waals surface area contributed by atoms with Crippen LogP contribution in [0.15, 0.2) is 35.7 Å². The summed E-state index contributed by atoms with van der Waals surface area (Å²) in [6, 6.07) is 5.80. The van der Waals surface area contributed by atoms with Crippen molar-refractivity contribution in [3.05, 3.63) is 36.4 Å². The minimum Gasteiger partial charge on any atom is -0.744 e. The van der Waals surface area contributed by atoms with E-state index in [4.69, 9.17) is 0 Å². The second kappa shape index (κ2) is 3.94. The van der Waals surface area contributed by atoms with Gasteiger partial charge in [0.15, 0.2) is 0 Å². The van der Waals surface area contributed by atoms with Crippen molar-refractivity contribution in [2.45, 2.75) is 18.2 Å². The van der Waals surface area contributed by atoms with E-state index in [9.17, 15) is 13.0 Å². The maximum Gasteiger partial charge on any atom is 0.124 e. The average Bonchev–Trinajstić information content (AvgIpc) is 2.15. The van der Waals surface area contributed by atoms with E-state index in [1.54, 1.807) is 12.1 Å². The van der Waals surface area contributed by atoms with E-state index in [-0.39, 0.29) is 4.90 Å². The van der Waals surface area contributed by atoms with Crippen LogP contribution >= 0.6 is 0 Å². The van der Waals surface area contributed by atoms with Crippen LogP contribution in [-0.2, 0) is 10.1 Å². The van der Waals surface area contributed by atoms with Gasteiger partial charge in [-0.25, -0.2) is 8.42 Å². The van der Waals surface area contributed by atoms with E-state index >= 15 is 0 Å². The van der Waals surface area contributed by atoms with Crippen LogP contribution in [-0.4, -0.2) is 13.0 Å². The molecule has 0 aliphatic heterocycles. The van der Waals surface area contributed by atoms with Gasteiger partial charge in [0.25, 0.3) is 0 Å². The number of rotatable bonds is 3. The topological polar surface area (TPSA) is 57.2 Å². The van der Waals surface area contributed by atoms with Crippen molar-refractivity contribution in [3.8, 4) is 0 Å². The SMILES string of the molecule is C=C(CC)c1ccc(S(=O)(=O)[O-])cc1. The first-order chi connectivity index (χ1) is 6.45. The third-order valence-electron chi connectivity index (χ3n) is 1.98. The number of allylic oxidation sites excluding steroid dienone is 1. The fourth-order valence-corrected chi connectivity index (χ4v) is 1.53. The highest BCUT2D eigenvalue weighted by molar-refractivity contribution is 7.85. The molecule has 0 radical (unpaired) electrons. The van der Waals surface area contributed by atoms with E-state index in [0.29, 0.717) is 0 Å². The molecule has 0 bridgehead atoms. The summed E-state index contributed by atoms with van der Waals surface area (Å²) in [6.45, 7) is 5.77. The maximum atomic E-state index is 10.6. The molecule has 1 rings (SSSR count). The lowest BCUT2D eigenvalue weighted by Gasteiger charge is -2.08. The van der Waals surface area contributed by atoms with Gasteiger partial charge in [-0.05, 0) is 29.7 Å². The van der Waals surface area contributed by atoms with Crippen molar-refractivity contribution >= 4 is 15.7 Å². The summed E-state index contributed by atoms with van der Waals surface area (Å²) in [5, 5.41) is 0. The Labute approximate surface area is 83.8 Å². The Hall–Kier alpha value is -1.13. The Morgan fingerprint density at radius 3 is 2.21 bits per heavy atom. The molecule has 0 unspecified atom stereocenters. The molecule has 0 fully saturated rings. The monoisotopic (exact) mass is 211 g/mol. The lowest BCUT2D eigenvalue weighted by molar-refractivity contribution is 0.463. The van der Waals surface area contributed by atoms with E-state index in [0.717, 1.165) is 17.6 Å². The highest BCUT2D eigenvalue weighted by Gasteiger charge is 2.01. The fraction of sp³-hybridized carbons (Fsp3) is 0.200. The average molecular weight is 211 g/mol. The fourth-order valence-electron chi connectivity index (χ4n) is 1.06. The van der Waals surface area contributed by atoms with Crippen LogP contribution in [0.3, 0.4) is 0 Å². The number of hydrogen-bond donors (Lipinski definition) is 0. The van der Waals surface area contributed by atoms with Crippen LogP contribution < -0.4 is 0 Å². The van der Waals surface area contributed by atoms with E-state index in [1.807, 2.05) is 6.92 Å². The van der Waals surface area contributed by atoms with Gasteiger partial charge in [0.05, 0.1) is 4.90 Å². The summed E-state index contributed by atoms with van der Waals surface area (Å²) in [5.74, 6) is 0. The summed E-state index contributed by atoms with van der Waals surface area (Å²) in [6.07, 6.45) is 0.795. The largest absolute Gasteiger partial charge is 0.744 e. The van der Waals surface area contributed by atoms with Crippen molar-refractivity contribution in [3.63, 3.8) is 0 Å². The molecule has 1 aromatic carbocycles. The van der Waals surface area contributed by atoms with Crippen LogP contribution in [0.1, 0.15) is 18.9 Å². The van der Waals surface area contributed by atoms with Crippen molar-refractivity contribution in [1.29, 1.82) is 0 Å². The zero-order valence-electron chi connectivity index (χ0n) is 7.86. The molecule has 0 spiro atoms. The second-order valence-corrected chi connectivity index (χ2v) is 4.32. The molecule has 1 aromatic rings. The van der Waals surface area contributed by atoms with E-state index < -0.39 is 10.1 Å². The summed E-state index contributed by atoms with van der Waals surface area (Å²) >= 11 is 0. The molecule has 0 heterocycles. The van der Waals surface area contributed by atoms with Crippen molar-refractivity contribution in [2.75, 3.05) is 0 Å². The Kier molecular flexibility index (Phi) is 3.08. The lowest BCUT2D eigenvalue weighted by Crippen LogP contribution is -1.98. The zero-order chi connectivity index (χ0) is 10.8. The standard InChI is InChI=1S/C10H12O3S/c1-3-8(2)9-4-6-10(7-5-9)14(11,12)13/h4-7H,2-3H2,1H3,(H,11,12,13)/p-1. The molecule has 0 saturated carbocycles. The van der Waals surface area contributed by atoms with Crippen LogP contribution in [0.25, 0.3) is 5.57 Å². The summed E-state index contributed by atoms with van der Waals surface area (Å²) in [4.78, 5) is -0.204. The highest BCUT2D eigenvalue weighted by atomic mass is 32.2. The van der Waals surface area contributed by atoms with Crippen LogP contribution in [0, 0.1) is 0 Å². The first-order valence-electron chi connectivity index (χ1n) is 4.19. The molecule has 0 aliphatic rings. The molecule has 0 N–H and O–H groups in total. The molecule has 0 atom stereocenters. The number of benzene rings is 1. The van der Waals surface area contributed by atoms with Gasteiger partial charge >= 0.3 is 0 Å². The van der Waals surface area contributed by atoms with Crippen molar-refractivity contribution in [1.82, 2.24) is 0 Å². The van der Waals surface area contributed by atoms with Gasteiger partial charge in [-0.15, -0.1) is 0 Å². The van der Waals surface area contributed by atoms with Gasteiger partial charge < -0.3 is 4.55 Å². The minimum atomic E-state index is -4.33. The molecular weight excluding hydrogens is 200 g/mol. The quantitative estimate of drug-likeness (QED) is 0.718. The lowest BCUT2D eigenvalue weighted by atomic mass is 10.1. The maximum absolute atomic E-state index is 10.6. The van der Waals surface area contributed by atoms with Gasteiger partial charge in [-0.3, -0.25) is 0 Å². The first kappa shape index (κ1) is 10.9. The molecule has 0 aliphatic carbocycles. The molecule has 4 heteroatoms. The van der Waals surface area contributed by atoms with E-state index in [1.165, 1.54) is 12.1 Å². The molecule has 3 nitrogen and oxygen atoms in total. The number of hydrogen-bond acceptors (Lipinski definition) is 3. The van der Waals surface area contributed by atoms with Gasteiger partial charge in [0, 0.05) is 0 Å². The van der Waals surface area contributed by atoms with Crippen LogP contribution in [0.2, 0.25) is 0 Å². The summed E-state index contributed by atoms with van der Waals surface area (Å²) in [7, 11) is -4.33. The van der Waals surface area contributed by atoms with E-state index in [2.05, 4.69) is 6.58 Å². The zero-order valence-corrected chi connectivity index (χ0v) is 8.67. The summed E-state index contributed by atoms with van der Waals surface area (Å²) < 4.78 is 31.8. The first-order valence-corrected chi connectivity index (χ1v) is 5.60. The second-order valence-electron chi connectivity index (χ2n) is 2.94. The van der Waals surface area contributed by atoms with Gasteiger partial charge in [0.1, 0.15) is 10.1 Å². The van der Waals surface area contributed by atoms with Crippen molar-refractivity contribution < 1.29 is 13.0 Å². The Balaban J connectivity index is 3.07. The molecule has 0 aromatic heterocycles. The summed E-state index contributed by atoms with van der Waals surface area (Å²) in [5.41, 5.74) is 1.78. The Morgan fingerprint density at radius 2 is 1.86 bits per heavy atom. The third-order valence-corrected chi connectivity index (χ3v) is 2.83. The molecule has 0 amide bonds. The highest BCUT2D eigenvalue weighted by Crippen LogP contribution is 2.17. The predicted octanol–water partition coefficient (Wildman–Crippen LogP) is 2.01. The van der Waals surface area contributed by atoms with Crippen LogP contribution in [0.4, 0.5) is 0 Å². The van der Waals surface area contributed by atoms with Gasteiger partial charge in [-0.1, -0.05) is 25.6 Å². The predicted molar refractivity (Wildman–Crippen MR) is 53.7 cm³/mol. The smallest absolute Gasteiger partial charge is 0.124 e. The molecule has 76 valence electrons. The van der Waals surface area contributed by atoms with Crippen LogP contribution in [0.5, 0.6) is 0 Å². The van der Waals surface area contributed by atoms with Crippen molar-refractivity contribution in [2.24, 2.45) is 0 Å².